The van der Waals surface area contributed by atoms with Crippen molar-refractivity contribution in [1.29, 1.82) is 0 Å². The van der Waals surface area contributed by atoms with Gasteiger partial charge in [-0.25, -0.2) is 0 Å². The topological polar surface area (TPSA) is 78.6 Å². The van der Waals surface area contributed by atoms with Crippen LogP contribution in [0, 0.1) is 0 Å². The summed E-state index contributed by atoms with van der Waals surface area (Å²) in [5.74, 6) is 2.97. The Kier molecular flexibility index (Phi) is 5.03. The van der Waals surface area contributed by atoms with Gasteiger partial charge in [0.05, 0.1) is 39.1 Å². The second-order valence-electron chi connectivity index (χ2n) is 5.13. The number of para-hydroxylation sites is 2. The number of nitrogens with one attached hydrogen (secondary N) is 1. The van der Waals surface area contributed by atoms with E-state index in [9.17, 15) is 0 Å². The van der Waals surface area contributed by atoms with Gasteiger partial charge >= 0.3 is 0 Å². The van der Waals surface area contributed by atoms with E-state index in [1.165, 1.54) is 0 Å². The van der Waals surface area contributed by atoms with E-state index in [0.29, 0.717) is 29.8 Å². The molecule has 2 aromatic carbocycles. The fraction of sp³-hybridized carbons (Fsp3) is 0.222. The summed E-state index contributed by atoms with van der Waals surface area (Å²) in [6.45, 7) is 0.381. The molecule has 3 aromatic rings. The second kappa shape index (κ2) is 7.57. The van der Waals surface area contributed by atoms with Gasteiger partial charge in [-0.1, -0.05) is 17.3 Å². The lowest BCUT2D eigenvalue weighted by molar-refractivity contribution is 0.381. The van der Waals surface area contributed by atoms with Gasteiger partial charge < -0.3 is 24.1 Å². The van der Waals surface area contributed by atoms with Gasteiger partial charge in [0.15, 0.2) is 0 Å². The molecule has 7 heteroatoms. The van der Waals surface area contributed by atoms with Crippen molar-refractivity contribution in [2.75, 3.05) is 26.6 Å². The molecule has 0 radical (unpaired) electrons. The molecule has 25 heavy (non-hydrogen) atoms. The fourth-order valence-corrected chi connectivity index (χ4v) is 2.38. The Morgan fingerprint density at radius 2 is 1.76 bits per heavy atom. The highest BCUT2D eigenvalue weighted by molar-refractivity contribution is 5.65. The van der Waals surface area contributed by atoms with E-state index in [0.717, 1.165) is 17.0 Å². The van der Waals surface area contributed by atoms with Crippen molar-refractivity contribution in [3.63, 3.8) is 0 Å². The molecule has 3 rings (SSSR count). The number of ether oxygens (including phenoxy) is 3. The molecule has 1 aromatic heterocycles. The SMILES string of the molecule is COc1ccc(-c2noc(CNc3ccccc3OC)n2)c(OC)c1. The molecule has 0 fully saturated rings. The highest BCUT2D eigenvalue weighted by Crippen LogP contribution is 2.31. The van der Waals surface area contributed by atoms with Gasteiger partial charge in [-0.2, -0.15) is 4.98 Å². The number of hydrogen-bond acceptors (Lipinski definition) is 7. The van der Waals surface area contributed by atoms with Gasteiger partial charge in [-0.15, -0.1) is 0 Å². The minimum absolute atomic E-state index is 0.381. The normalized spacial score (nSPS) is 10.4. The highest BCUT2D eigenvalue weighted by Gasteiger charge is 2.14. The highest BCUT2D eigenvalue weighted by atomic mass is 16.5. The summed E-state index contributed by atoms with van der Waals surface area (Å²) >= 11 is 0. The molecule has 0 spiro atoms. The van der Waals surface area contributed by atoms with Crippen molar-refractivity contribution in [1.82, 2.24) is 10.1 Å². The van der Waals surface area contributed by atoms with Crippen LogP contribution in [0.1, 0.15) is 5.89 Å². The molecule has 7 nitrogen and oxygen atoms in total. The van der Waals surface area contributed by atoms with Crippen molar-refractivity contribution in [2.45, 2.75) is 6.54 Å². The minimum Gasteiger partial charge on any atom is -0.497 e. The Balaban J connectivity index is 1.77. The lowest BCUT2D eigenvalue weighted by atomic mass is 10.2. The third-order valence-corrected chi connectivity index (χ3v) is 3.65. The first-order valence-electron chi connectivity index (χ1n) is 7.67. The summed E-state index contributed by atoms with van der Waals surface area (Å²) in [4.78, 5) is 4.41. The van der Waals surface area contributed by atoms with E-state index in [4.69, 9.17) is 18.7 Å². The first kappa shape index (κ1) is 16.6. The van der Waals surface area contributed by atoms with Crippen LogP contribution in [0.25, 0.3) is 11.4 Å². The molecule has 0 saturated carbocycles. The molecular formula is C18H19N3O4. The molecular weight excluding hydrogens is 322 g/mol. The van der Waals surface area contributed by atoms with Crippen molar-refractivity contribution in [2.24, 2.45) is 0 Å². The average molecular weight is 341 g/mol. The lowest BCUT2D eigenvalue weighted by Gasteiger charge is -2.08. The Labute approximate surface area is 145 Å². The molecule has 0 amide bonds. The maximum atomic E-state index is 5.38. The quantitative estimate of drug-likeness (QED) is 0.706. The number of benzene rings is 2. The third kappa shape index (κ3) is 3.65. The van der Waals surface area contributed by atoms with Gasteiger partial charge in [0.2, 0.25) is 11.7 Å². The lowest BCUT2D eigenvalue weighted by Crippen LogP contribution is -2.01. The van der Waals surface area contributed by atoms with Gasteiger partial charge in [0, 0.05) is 6.07 Å². The summed E-state index contributed by atoms with van der Waals surface area (Å²) in [6.07, 6.45) is 0. The number of anilines is 1. The maximum Gasteiger partial charge on any atom is 0.246 e. The molecule has 0 bridgehead atoms. The van der Waals surface area contributed by atoms with Gasteiger partial charge in [0.1, 0.15) is 17.2 Å². The molecule has 0 unspecified atom stereocenters. The van der Waals surface area contributed by atoms with E-state index in [1.54, 1.807) is 27.4 Å². The average Bonchev–Trinajstić information content (AvgIpc) is 3.14. The smallest absolute Gasteiger partial charge is 0.246 e. The zero-order valence-electron chi connectivity index (χ0n) is 14.3. The van der Waals surface area contributed by atoms with E-state index < -0.39 is 0 Å². The van der Waals surface area contributed by atoms with Crippen molar-refractivity contribution < 1.29 is 18.7 Å². The van der Waals surface area contributed by atoms with E-state index in [1.807, 2.05) is 36.4 Å². The van der Waals surface area contributed by atoms with Crippen molar-refractivity contribution in [3.8, 4) is 28.6 Å². The maximum absolute atomic E-state index is 5.38. The standard InChI is InChI=1S/C18H19N3O4/c1-22-12-8-9-13(16(10-12)24-3)18-20-17(25-21-18)11-19-14-6-4-5-7-15(14)23-2/h4-10,19H,11H2,1-3H3. The Hall–Kier alpha value is -3.22. The summed E-state index contributed by atoms with van der Waals surface area (Å²) in [6, 6.07) is 13.1. The van der Waals surface area contributed by atoms with Crippen LogP contribution in [0.2, 0.25) is 0 Å². The molecule has 130 valence electrons. The third-order valence-electron chi connectivity index (χ3n) is 3.65. The number of rotatable bonds is 7. The van der Waals surface area contributed by atoms with Gasteiger partial charge in [0.25, 0.3) is 0 Å². The number of nitrogens with zero attached hydrogens (tertiary/aromatic N) is 2. The zero-order chi connectivity index (χ0) is 17.6. The second-order valence-corrected chi connectivity index (χ2v) is 5.13. The minimum atomic E-state index is 0.381. The summed E-state index contributed by atoms with van der Waals surface area (Å²) < 4.78 is 21.2. The number of hydrogen-bond donors (Lipinski definition) is 1. The van der Waals surface area contributed by atoms with Crippen LogP contribution in [0.5, 0.6) is 17.2 Å². The first-order chi connectivity index (χ1) is 12.2. The number of methoxy groups -OCH3 is 3. The summed E-state index contributed by atoms with van der Waals surface area (Å²) in [5.41, 5.74) is 1.59. The Bertz CT molecular complexity index is 848. The van der Waals surface area contributed by atoms with Crippen molar-refractivity contribution >= 4 is 5.69 Å². The number of aromatic nitrogens is 2. The zero-order valence-corrected chi connectivity index (χ0v) is 14.3. The fourth-order valence-electron chi connectivity index (χ4n) is 2.38. The predicted molar refractivity (Wildman–Crippen MR) is 93.2 cm³/mol. The van der Waals surface area contributed by atoms with E-state index >= 15 is 0 Å². The molecule has 1 N–H and O–H groups in total. The van der Waals surface area contributed by atoms with Crippen molar-refractivity contribution in [3.05, 3.63) is 48.4 Å². The summed E-state index contributed by atoms with van der Waals surface area (Å²) in [5, 5.41) is 7.25. The van der Waals surface area contributed by atoms with Crippen LogP contribution in [-0.2, 0) is 6.54 Å². The largest absolute Gasteiger partial charge is 0.497 e. The van der Waals surface area contributed by atoms with Gasteiger partial charge in [-0.05, 0) is 24.3 Å². The molecule has 0 saturated heterocycles. The van der Waals surface area contributed by atoms with E-state index in [-0.39, 0.29) is 0 Å². The van der Waals surface area contributed by atoms with Gasteiger partial charge in [-0.3, -0.25) is 0 Å². The summed E-state index contributed by atoms with van der Waals surface area (Å²) in [7, 11) is 4.81. The monoisotopic (exact) mass is 341 g/mol. The van der Waals surface area contributed by atoms with Crippen LogP contribution < -0.4 is 19.5 Å². The molecule has 0 aliphatic heterocycles. The van der Waals surface area contributed by atoms with Crippen LogP contribution in [0.3, 0.4) is 0 Å². The van der Waals surface area contributed by atoms with E-state index in [2.05, 4.69) is 15.5 Å². The van der Waals surface area contributed by atoms with Crippen LogP contribution in [0.15, 0.2) is 47.0 Å². The molecule has 0 atom stereocenters. The first-order valence-corrected chi connectivity index (χ1v) is 7.67. The predicted octanol–water partition coefficient (Wildman–Crippen LogP) is 3.37. The Morgan fingerprint density at radius 1 is 0.960 bits per heavy atom. The molecule has 1 heterocycles. The Morgan fingerprint density at radius 3 is 2.52 bits per heavy atom. The van der Waals surface area contributed by atoms with Crippen LogP contribution in [0.4, 0.5) is 5.69 Å². The van der Waals surface area contributed by atoms with Crippen LogP contribution in [-0.4, -0.2) is 31.5 Å². The molecule has 0 aliphatic rings. The molecule has 0 aliphatic carbocycles. The van der Waals surface area contributed by atoms with Crippen LogP contribution >= 0.6 is 0 Å².